The topological polar surface area (TPSA) is 63.6 Å². The highest BCUT2D eigenvalue weighted by molar-refractivity contribution is 7.79. The summed E-state index contributed by atoms with van der Waals surface area (Å²) >= 11 is -2.10. The van der Waals surface area contributed by atoms with E-state index in [1.165, 1.54) is 18.2 Å². The van der Waals surface area contributed by atoms with E-state index in [4.69, 9.17) is 9.29 Å². The molecule has 19 heavy (non-hydrogen) atoms. The molecule has 0 spiro atoms. The molecule has 1 heterocycles. The molecule has 102 valence electrons. The lowest BCUT2D eigenvalue weighted by Crippen LogP contribution is -2.25. The fourth-order valence-corrected chi connectivity index (χ4v) is 2.81. The Morgan fingerprint density at radius 1 is 1.42 bits per heavy atom. The van der Waals surface area contributed by atoms with Crippen LogP contribution >= 0.6 is 0 Å². The zero-order chi connectivity index (χ0) is 14.2. The molecular formula is C13H13FO4S. The van der Waals surface area contributed by atoms with Crippen molar-refractivity contribution in [3.8, 4) is 0 Å². The summed E-state index contributed by atoms with van der Waals surface area (Å²) in [5, 5.41) is 0. The number of halogens is 1. The van der Waals surface area contributed by atoms with Crippen LogP contribution in [0.4, 0.5) is 4.39 Å². The van der Waals surface area contributed by atoms with Gasteiger partial charge in [0.15, 0.2) is 11.1 Å². The first kappa shape index (κ1) is 13.9. The number of rotatable bonds is 3. The average molecular weight is 284 g/mol. The van der Waals surface area contributed by atoms with E-state index in [0.29, 0.717) is 11.1 Å². The van der Waals surface area contributed by atoms with Crippen LogP contribution in [0.1, 0.15) is 19.4 Å². The van der Waals surface area contributed by atoms with Crippen LogP contribution in [0.15, 0.2) is 29.8 Å². The predicted molar refractivity (Wildman–Crippen MR) is 69.1 cm³/mol. The van der Waals surface area contributed by atoms with Gasteiger partial charge in [-0.2, -0.15) is 0 Å². The Morgan fingerprint density at radius 3 is 2.68 bits per heavy atom. The third kappa shape index (κ3) is 2.74. The van der Waals surface area contributed by atoms with Crippen molar-refractivity contribution in [2.45, 2.75) is 19.4 Å². The molecule has 0 aliphatic carbocycles. The monoisotopic (exact) mass is 284 g/mol. The second kappa shape index (κ2) is 4.86. The third-order valence-corrected chi connectivity index (χ3v) is 3.50. The van der Waals surface area contributed by atoms with Crippen molar-refractivity contribution in [2.24, 2.45) is 0 Å². The quantitative estimate of drug-likeness (QED) is 0.682. The van der Waals surface area contributed by atoms with Gasteiger partial charge in [-0.3, -0.25) is 0 Å². The smallest absolute Gasteiger partial charge is 0.339 e. The minimum atomic E-state index is -2.10. The van der Waals surface area contributed by atoms with Gasteiger partial charge in [0.2, 0.25) is 0 Å². The molecule has 0 radical (unpaired) electrons. The number of ether oxygens (including phenoxy) is 1. The molecule has 0 saturated heterocycles. The lowest BCUT2D eigenvalue weighted by molar-refractivity contribution is -0.142. The fourth-order valence-electron chi connectivity index (χ4n) is 2.07. The lowest BCUT2D eigenvalue weighted by atomic mass is 9.93. The Bertz CT molecular complexity index is 592. The number of carbonyl (C=O) groups is 1. The Labute approximate surface area is 112 Å². The van der Waals surface area contributed by atoms with E-state index in [1.807, 2.05) is 0 Å². The summed E-state index contributed by atoms with van der Waals surface area (Å²) < 4.78 is 38.5. The van der Waals surface area contributed by atoms with E-state index in [0.717, 1.165) is 0 Å². The average Bonchev–Trinajstić information content (AvgIpc) is 2.48. The first-order chi connectivity index (χ1) is 8.81. The Kier molecular flexibility index (Phi) is 3.56. The van der Waals surface area contributed by atoms with Gasteiger partial charge in [0.25, 0.3) is 0 Å². The van der Waals surface area contributed by atoms with Crippen LogP contribution in [0.3, 0.4) is 0 Å². The normalized spacial score (nSPS) is 19.5. The van der Waals surface area contributed by atoms with Gasteiger partial charge in [0.05, 0.1) is 11.3 Å². The van der Waals surface area contributed by atoms with Gasteiger partial charge in [0.1, 0.15) is 11.4 Å². The third-order valence-electron chi connectivity index (χ3n) is 2.96. The molecule has 1 aliphatic rings. The van der Waals surface area contributed by atoms with Crippen molar-refractivity contribution in [2.75, 3.05) is 5.75 Å². The maximum atomic E-state index is 13.2. The first-order valence-corrected chi connectivity index (χ1v) is 6.89. The van der Waals surface area contributed by atoms with E-state index >= 15 is 0 Å². The zero-order valence-electron chi connectivity index (χ0n) is 10.5. The molecule has 0 amide bonds. The highest BCUT2D eigenvalue weighted by Gasteiger charge is 2.41. The Morgan fingerprint density at radius 2 is 2.11 bits per heavy atom. The van der Waals surface area contributed by atoms with Crippen molar-refractivity contribution in [1.82, 2.24) is 0 Å². The Hall–Kier alpha value is -1.53. The molecule has 4 nitrogen and oxygen atoms in total. The maximum absolute atomic E-state index is 13.2. The molecule has 0 bridgehead atoms. The summed E-state index contributed by atoms with van der Waals surface area (Å²) in [4.78, 5) is 11.9. The minimum Gasteiger partial charge on any atom is -0.451 e. The molecule has 1 aromatic rings. The van der Waals surface area contributed by atoms with Gasteiger partial charge in [0, 0.05) is 5.57 Å². The van der Waals surface area contributed by atoms with Gasteiger partial charge < -0.3 is 9.29 Å². The zero-order valence-corrected chi connectivity index (χ0v) is 11.3. The largest absolute Gasteiger partial charge is 0.451 e. The highest BCUT2D eigenvalue weighted by atomic mass is 32.2. The molecule has 1 unspecified atom stereocenters. The number of esters is 1. The minimum absolute atomic E-state index is 0.173. The molecule has 0 aromatic heterocycles. The second-order valence-electron chi connectivity index (χ2n) is 4.73. The summed E-state index contributed by atoms with van der Waals surface area (Å²) in [5.41, 5.74) is -0.0243. The van der Waals surface area contributed by atoms with Crippen LogP contribution in [0.5, 0.6) is 0 Å². The lowest BCUT2D eigenvalue weighted by Gasteiger charge is -2.20. The first-order valence-electron chi connectivity index (χ1n) is 5.61. The molecule has 1 N–H and O–H groups in total. The van der Waals surface area contributed by atoms with Crippen molar-refractivity contribution in [3.05, 3.63) is 41.2 Å². The molecule has 2 rings (SSSR count). The summed E-state index contributed by atoms with van der Waals surface area (Å²) in [6, 6.07) is 5.52. The molecule has 0 fully saturated rings. The molecule has 0 saturated carbocycles. The summed E-state index contributed by atoms with van der Waals surface area (Å²) in [5.74, 6) is -1.28. The number of benzene rings is 1. The van der Waals surface area contributed by atoms with E-state index < -0.39 is 28.5 Å². The predicted octanol–water partition coefficient (Wildman–Crippen LogP) is 2.14. The number of hydrogen-bond donors (Lipinski definition) is 1. The van der Waals surface area contributed by atoms with Crippen LogP contribution in [0, 0.1) is 5.82 Å². The van der Waals surface area contributed by atoms with Crippen molar-refractivity contribution >= 4 is 22.6 Å². The van der Waals surface area contributed by atoms with E-state index in [1.54, 1.807) is 19.9 Å². The maximum Gasteiger partial charge on any atom is 0.339 e. The summed E-state index contributed by atoms with van der Waals surface area (Å²) in [7, 11) is 0. The van der Waals surface area contributed by atoms with E-state index in [9.17, 15) is 13.4 Å². The van der Waals surface area contributed by atoms with Crippen LogP contribution in [0.25, 0.3) is 5.57 Å². The molecule has 1 aliphatic heterocycles. The van der Waals surface area contributed by atoms with E-state index in [-0.39, 0.29) is 11.3 Å². The van der Waals surface area contributed by atoms with Gasteiger partial charge >= 0.3 is 5.97 Å². The summed E-state index contributed by atoms with van der Waals surface area (Å²) in [6.45, 7) is 3.28. The summed E-state index contributed by atoms with van der Waals surface area (Å²) in [6.07, 6.45) is 0. The molecule has 1 atom stereocenters. The van der Waals surface area contributed by atoms with Crippen LogP contribution in [-0.4, -0.2) is 26.1 Å². The van der Waals surface area contributed by atoms with Crippen LogP contribution < -0.4 is 0 Å². The molecular weight excluding hydrogens is 271 g/mol. The van der Waals surface area contributed by atoms with E-state index in [2.05, 4.69) is 0 Å². The SMILES string of the molecule is CC1(C)OC(=O)C(c2cccc(F)c2)=C1CS(=O)O. The van der Waals surface area contributed by atoms with Crippen LogP contribution in [0.2, 0.25) is 0 Å². The second-order valence-corrected chi connectivity index (χ2v) is 5.66. The fraction of sp³-hybridized carbons (Fsp3) is 0.308. The number of carbonyl (C=O) groups excluding carboxylic acids is 1. The number of cyclic esters (lactones) is 1. The highest BCUT2D eigenvalue weighted by Crippen LogP contribution is 2.38. The van der Waals surface area contributed by atoms with Gasteiger partial charge in [-0.1, -0.05) is 12.1 Å². The molecule has 1 aromatic carbocycles. The van der Waals surface area contributed by atoms with Crippen molar-refractivity contribution in [3.63, 3.8) is 0 Å². The van der Waals surface area contributed by atoms with Crippen molar-refractivity contribution < 1.29 is 22.7 Å². The van der Waals surface area contributed by atoms with Crippen molar-refractivity contribution in [1.29, 1.82) is 0 Å². The van der Waals surface area contributed by atoms with Crippen LogP contribution in [-0.2, 0) is 20.6 Å². The Balaban J connectivity index is 2.60. The number of hydrogen-bond acceptors (Lipinski definition) is 3. The van der Waals surface area contributed by atoms with Gasteiger partial charge in [-0.25, -0.2) is 13.4 Å². The van der Waals surface area contributed by atoms with Gasteiger partial charge in [-0.05, 0) is 31.5 Å². The van der Waals surface area contributed by atoms with Gasteiger partial charge in [-0.15, -0.1) is 0 Å². The molecule has 6 heteroatoms. The standard InChI is InChI=1S/C13H13FO4S/c1-13(2)10(7-19(16)17)11(12(15)18-13)8-4-3-5-9(14)6-8/h3-6H,7H2,1-2H3,(H,16,17).